The SMILES string of the molecule is COc1ccc(-c2nc(C(C)N(C)CCC3=CC=CCC3)c(CN)o2)c2ccc(C(F)(F)F)nc12. The van der Waals surface area contributed by atoms with E-state index in [0.717, 1.165) is 31.9 Å². The van der Waals surface area contributed by atoms with E-state index in [2.05, 4.69) is 28.1 Å². The molecule has 0 amide bonds. The molecular formula is C26H29F3N4O2. The van der Waals surface area contributed by atoms with Crippen molar-refractivity contribution in [3.8, 4) is 17.2 Å². The van der Waals surface area contributed by atoms with Crippen LogP contribution in [0.25, 0.3) is 22.4 Å². The van der Waals surface area contributed by atoms with Crippen molar-refractivity contribution in [2.45, 2.75) is 44.9 Å². The van der Waals surface area contributed by atoms with Crippen molar-refractivity contribution in [1.29, 1.82) is 0 Å². The third kappa shape index (κ3) is 5.26. The number of hydrogen-bond acceptors (Lipinski definition) is 6. The number of ether oxygens (including phenoxy) is 1. The fourth-order valence-electron chi connectivity index (χ4n) is 4.24. The summed E-state index contributed by atoms with van der Waals surface area (Å²) in [5, 5.41) is 0.451. The van der Waals surface area contributed by atoms with Gasteiger partial charge in [-0.25, -0.2) is 9.97 Å². The summed E-state index contributed by atoms with van der Waals surface area (Å²) in [6.45, 7) is 3.04. The van der Waals surface area contributed by atoms with Gasteiger partial charge in [0, 0.05) is 17.5 Å². The smallest absolute Gasteiger partial charge is 0.433 e. The highest BCUT2D eigenvalue weighted by Crippen LogP contribution is 2.37. The standard InChI is InChI=1S/C26H29F3N4O2/c1-16(33(2)14-13-17-7-5-4-6-8-17)23-21(15-30)35-25(32-23)19-9-11-20(34-3)24-18(19)10-12-22(31-24)26(27,28)29/h4-5,7,9-12,16H,6,8,13-15,30H2,1-3H3. The maximum absolute atomic E-state index is 13.3. The molecule has 9 heteroatoms. The Balaban J connectivity index is 1.67. The Kier molecular flexibility index (Phi) is 7.28. The minimum absolute atomic E-state index is 0.0646. The molecule has 0 bridgehead atoms. The van der Waals surface area contributed by atoms with Crippen molar-refractivity contribution < 1.29 is 22.3 Å². The average molecular weight is 487 g/mol. The first-order valence-corrected chi connectivity index (χ1v) is 11.5. The number of nitrogens with two attached hydrogens (primary N) is 1. The van der Waals surface area contributed by atoms with Crippen LogP contribution in [0.15, 0.2) is 52.5 Å². The van der Waals surface area contributed by atoms with Crippen LogP contribution >= 0.6 is 0 Å². The number of oxazole rings is 1. The number of fused-ring (bicyclic) bond motifs is 1. The quantitative estimate of drug-likeness (QED) is 0.419. The Bertz CT molecular complexity index is 1260. The molecule has 0 aliphatic heterocycles. The van der Waals surface area contributed by atoms with E-state index >= 15 is 0 Å². The molecular weight excluding hydrogens is 457 g/mol. The maximum atomic E-state index is 13.3. The Morgan fingerprint density at radius 3 is 2.66 bits per heavy atom. The molecule has 0 fully saturated rings. The first kappa shape index (κ1) is 24.9. The van der Waals surface area contributed by atoms with Crippen molar-refractivity contribution in [2.75, 3.05) is 20.7 Å². The lowest BCUT2D eigenvalue weighted by Gasteiger charge is -2.24. The molecule has 3 aromatic rings. The third-order valence-electron chi connectivity index (χ3n) is 6.42. The topological polar surface area (TPSA) is 77.4 Å². The number of allylic oxidation sites excluding steroid dienone is 3. The van der Waals surface area contributed by atoms with Crippen molar-refractivity contribution in [2.24, 2.45) is 5.73 Å². The highest BCUT2D eigenvalue weighted by atomic mass is 19.4. The van der Waals surface area contributed by atoms with Crippen LogP contribution in [0.5, 0.6) is 5.75 Å². The highest BCUT2D eigenvalue weighted by molar-refractivity contribution is 5.96. The van der Waals surface area contributed by atoms with Crippen LogP contribution in [0, 0.1) is 0 Å². The summed E-state index contributed by atoms with van der Waals surface area (Å²) < 4.78 is 51.1. The molecule has 35 heavy (non-hydrogen) atoms. The summed E-state index contributed by atoms with van der Waals surface area (Å²) >= 11 is 0. The molecule has 0 spiro atoms. The first-order valence-electron chi connectivity index (χ1n) is 11.5. The van der Waals surface area contributed by atoms with Gasteiger partial charge in [-0.2, -0.15) is 13.2 Å². The van der Waals surface area contributed by atoms with Crippen LogP contribution < -0.4 is 10.5 Å². The molecule has 0 saturated heterocycles. The number of pyridine rings is 1. The fourth-order valence-corrected chi connectivity index (χ4v) is 4.24. The van der Waals surface area contributed by atoms with Gasteiger partial charge in [-0.15, -0.1) is 0 Å². The van der Waals surface area contributed by atoms with Gasteiger partial charge in [0.2, 0.25) is 5.89 Å². The van der Waals surface area contributed by atoms with E-state index in [4.69, 9.17) is 19.9 Å². The molecule has 6 nitrogen and oxygen atoms in total. The molecule has 1 aliphatic rings. The lowest BCUT2D eigenvalue weighted by Crippen LogP contribution is -2.25. The highest BCUT2D eigenvalue weighted by Gasteiger charge is 2.33. The van der Waals surface area contributed by atoms with Crippen LogP contribution in [0.2, 0.25) is 0 Å². The zero-order chi connectivity index (χ0) is 25.2. The molecule has 4 rings (SSSR count). The molecule has 186 valence electrons. The van der Waals surface area contributed by atoms with Gasteiger partial charge < -0.3 is 14.9 Å². The predicted molar refractivity (Wildman–Crippen MR) is 129 cm³/mol. The third-order valence-corrected chi connectivity index (χ3v) is 6.42. The second-order valence-corrected chi connectivity index (χ2v) is 8.64. The van der Waals surface area contributed by atoms with Crippen molar-refractivity contribution in [1.82, 2.24) is 14.9 Å². The lowest BCUT2D eigenvalue weighted by atomic mass is 10.0. The average Bonchev–Trinajstić information content (AvgIpc) is 3.30. The van der Waals surface area contributed by atoms with Crippen LogP contribution in [0.1, 0.15) is 49.4 Å². The second kappa shape index (κ2) is 10.2. The second-order valence-electron chi connectivity index (χ2n) is 8.64. The predicted octanol–water partition coefficient (Wildman–Crippen LogP) is 6.04. The summed E-state index contributed by atoms with van der Waals surface area (Å²) in [5.74, 6) is 1.07. The first-order chi connectivity index (χ1) is 16.7. The van der Waals surface area contributed by atoms with E-state index in [-0.39, 0.29) is 29.7 Å². The zero-order valence-corrected chi connectivity index (χ0v) is 20.0. The number of halogens is 3. The van der Waals surface area contributed by atoms with E-state index in [0.29, 0.717) is 22.4 Å². The normalized spacial score (nSPS) is 15.0. The monoisotopic (exact) mass is 486 g/mol. The van der Waals surface area contributed by atoms with Crippen molar-refractivity contribution >= 4 is 10.9 Å². The zero-order valence-electron chi connectivity index (χ0n) is 20.0. The minimum atomic E-state index is -4.57. The van der Waals surface area contributed by atoms with Crippen LogP contribution in [0.3, 0.4) is 0 Å². The maximum Gasteiger partial charge on any atom is 0.433 e. The summed E-state index contributed by atoms with van der Waals surface area (Å²) in [5.41, 5.74) is 7.73. The van der Waals surface area contributed by atoms with Gasteiger partial charge in [-0.1, -0.05) is 23.8 Å². The number of benzene rings is 1. The molecule has 0 radical (unpaired) electrons. The van der Waals surface area contributed by atoms with Gasteiger partial charge in [0.1, 0.15) is 28.4 Å². The number of hydrogen-bond donors (Lipinski definition) is 1. The van der Waals surface area contributed by atoms with Gasteiger partial charge in [-0.3, -0.25) is 4.90 Å². The van der Waals surface area contributed by atoms with Crippen molar-refractivity contribution in [3.63, 3.8) is 0 Å². The van der Waals surface area contributed by atoms with Crippen LogP contribution in [-0.4, -0.2) is 35.6 Å². The molecule has 0 saturated carbocycles. The van der Waals surface area contributed by atoms with E-state index in [1.165, 1.54) is 18.7 Å². The molecule has 2 heterocycles. The van der Waals surface area contributed by atoms with Crippen LogP contribution in [0.4, 0.5) is 13.2 Å². The van der Waals surface area contributed by atoms with Gasteiger partial charge in [0.25, 0.3) is 0 Å². The molecule has 1 atom stereocenters. The Morgan fingerprint density at radius 2 is 2.00 bits per heavy atom. The molecule has 1 aliphatic carbocycles. The Hall–Kier alpha value is -3.17. The van der Waals surface area contributed by atoms with Crippen molar-refractivity contribution in [3.05, 3.63) is 65.2 Å². The number of alkyl halides is 3. The number of nitrogens with zero attached hydrogens (tertiary/aromatic N) is 3. The minimum Gasteiger partial charge on any atom is -0.494 e. The molecule has 2 N–H and O–H groups in total. The van der Waals surface area contributed by atoms with E-state index < -0.39 is 11.9 Å². The summed E-state index contributed by atoms with van der Waals surface area (Å²) in [6.07, 6.45) is 4.99. The number of methoxy groups -OCH3 is 1. The van der Waals surface area contributed by atoms with E-state index in [9.17, 15) is 13.2 Å². The van der Waals surface area contributed by atoms with Gasteiger partial charge in [0.05, 0.1) is 19.7 Å². The lowest BCUT2D eigenvalue weighted by molar-refractivity contribution is -0.140. The van der Waals surface area contributed by atoms with Gasteiger partial charge >= 0.3 is 6.18 Å². The molecule has 1 unspecified atom stereocenters. The number of aromatic nitrogens is 2. The Labute approximate surface area is 202 Å². The largest absolute Gasteiger partial charge is 0.494 e. The molecule has 2 aromatic heterocycles. The van der Waals surface area contributed by atoms with Gasteiger partial charge in [0.15, 0.2) is 0 Å². The fraction of sp³-hybridized carbons (Fsp3) is 0.385. The van der Waals surface area contributed by atoms with Crippen LogP contribution in [-0.2, 0) is 12.7 Å². The van der Waals surface area contributed by atoms with E-state index in [1.807, 2.05) is 14.0 Å². The van der Waals surface area contributed by atoms with E-state index in [1.54, 1.807) is 12.1 Å². The molecule has 1 aromatic carbocycles. The van der Waals surface area contributed by atoms with Gasteiger partial charge in [-0.05, 0) is 57.5 Å². The summed E-state index contributed by atoms with van der Waals surface area (Å²) in [6, 6.07) is 5.54. The summed E-state index contributed by atoms with van der Waals surface area (Å²) in [7, 11) is 3.42. The number of rotatable bonds is 8. The summed E-state index contributed by atoms with van der Waals surface area (Å²) in [4.78, 5) is 10.8. The Morgan fingerprint density at radius 1 is 1.20 bits per heavy atom.